The van der Waals surface area contributed by atoms with Crippen LogP contribution in [0, 0.1) is 0 Å². The second-order valence-corrected chi connectivity index (χ2v) is 3.74. The molecule has 0 saturated carbocycles. The summed E-state index contributed by atoms with van der Waals surface area (Å²) >= 11 is 0. The third kappa shape index (κ3) is 2.95. The smallest absolute Gasteiger partial charge is 0.119 e. The summed E-state index contributed by atoms with van der Waals surface area (Å²) in [5, 5.41) is 0. The van der Waals surface area contributed by atoms with Gasteiger partial charge in [-0.2, -0.15) is 0 Å². The Morgan fingerprint density at radius 2 is 1.94 bits per heavy atom. The minimum atomic E-state index is -0.274. The van der Waals surface area contributed by atoms with Gasteiger partial charge < -0.3 is 16.2 Å². The van der Waals surface area contributed by atoms with Crippen LogP contribution in [0.2, 0.25) is 0 Å². The predicted molar refractivity (Wildman–Crippen MR) is 67.5 cm³/mol. The Morgan fingerprint density at radius 1 is 1.18 bits per heavy atom. The number of ether oxygens (including phenoxy) is 1. The van der Waals surface area contributed by atoms with Gasteiger partial charge in [0, 0.05) is 23.6 Å². The number of hydrogen-bond donors (Lipinski definition) is 2. The third-order valence-corrected chi connectivity index (χ3v) is 2.46. The van der Waals surface area contributed by atoms with Gasteiger partial charge >= 0.3 is 0 Å². The first-order valence-electron chi connectivity index (χ1n) is 5.40. The highest BCUT2D eigenvalue weighted by atomic mass is 16.5. The van der Waals surface area contributed by atoms with E-state index in [4.69, 9.17) is 16.2 Å². The average molecular weight is 229 g/mol. The second-order valence-electron chi connectivity index (χ2n) is 3.74. The van der Waals surface area contributed by atoms with Gasteiger partial charge in [0.2, 0.25) is 0 Å². The fraction of sp³-hybridized carbons (Fsp3) is 0.154. The van der Waals surface area contributed by atoms with Gasteiger partial charge in [-0.25, -0.2) is 0 Å². The van der Waals surface area contributed by atoms with Crippen molar-refractivity contribution >= 4 is 5.69 Å². The highest BCUT2D eigenvalue weighted by Gasteiger charge is 2.10. The summed E-state index contributed by atoms with van der Waals surface area (Å²) in [7, 11) is 0. The molecule has 17 heavy (non-hydrogen) atoms. The van der Waals surface area contributed by atoms with Crippen molar-refractivity contribution in [1.29, 1.82) is 0 Å². The van der Waals surface area contributed by atoms with Gasteiger partial charge in [-0.15, -0.1) is 0 Å². The minimum Gasteiger partial charge on any atom is -0.492 e. The predicted octanol–water partition coefficient (Wildman–Crippen LogP) is 1.74. The number of benzene rings is 1. The van der Waals surface area contributed by atoms with Gasteiger partial charge in [0.1, 0.15) is 12.4 Å². The summed E-state index contributed by atoms with van der Waals surface area (Å²) in [6, 6.07) is 11.0. The van der Waals surface area contributed by atoms with Gasteiger partial charge in [-0.3, -0.25) is 4.98 Å². The standard InChI is InChI=1S/C13H15N3O/c14-12-6-7-16-8-11(12)13(15)9-17-10-4-2-1-3-5-10/h1-8,13H,9,15H2,(H2,14,16). The normalized spacial score (nSPS) is 12.1. The summed E-state index contributed by atoms with van der Waals surface area (Å²) in [6.45, 7) is 0.375. The van der Waals surface area contributed by atoms with Crippen LogP contribution in [0.3, 0.4) is 0 Å². The number of hydrogen-bond acceptors (Lipinski definition) is 4. The summed E-state index contributed by atoms with van der Waals surface area (Å²) in [5.41, 5.74) is 13.3. The van der Waals surface area contributed by atoms with Crippen molar-refractivity contribution in [2.45, 2.75) is 6.04 Å². The Hall–Kier alpha value is -2.07. The molecular formula is C13H15N3O. The van der Waals surface area contributed by atoms with E-state index in [1.54, 1.807) is 18.5 Å². The number of nitrogen functional groups attached to an aromatic ring is 1. The second kappa shape index (κ2) is 5.32. The van der Waals surface area contributed by atoms with Crippen LogP contribution >= 0.6 is 0 Å². The number of aromatic nitrogens is 1. The summed E-state index contributed by atoms with van der Waals surface area (Å²) < 4.78 is 5.57. The molecule has 2 rings (SSSR count). The Balaban J connectivity index is 1.99. The number of anilines is 1. The molecule has 0 aliphatic carbocycles. The van der Waals surface area contributed by atoms with Crippen LogP contribution < -0.4 is 16.2 Å². The molecule has 0 saturated heterocycles. The van der Waals surface area contributed by atoms with Gasteiger partial charge in [-0.05, 0) is 18.2 Å². The van der Waals surface area contributed by atoms with E-state index in [-0.39, 0.29) is 6.04 Å². The molecule has 1 heterocycles. The van der Waals surface area contributed by atoms with Crippen LogP contribution in [0.15, 0.2) is 48.8 Å². The molecule has 1 aromatic heterocycles. The molecule has 1 aromatic carbocycles. The Bertz CT molecular complexity index is 473. The zero-order chi connectivity index (χ0) is 12.1. The SMILES string of the molecule is Nc1ccncc1C(N)COc1ccccc1. The van der Waals surface area contributed by atoms with Crippen LogP contribution in [-0.4, -0.2) is 11.6 Å². The monoisotopic (exact) mass is 229 g/mol. The van der Waals surface area contributed by atoms with Gasteiger partial charge in [0.25, 0.3) is 0 Å². The number of rotatable bonds is 4. The lowest BCUT2D eigenvalue weighted by Gasteiger charge is -2.14. The van der Waals surface area contributed by atoms with E-state index in [0.29, 0.717) is 12.3 Å². The van der Waals surface area contributed by atoms with Crippen LogP contribution in [0.5, 0.6) is 5.75 Å². The van der Waals surface area contributed by atoms with Gasteiger partial charge in [-0.1, -0.05) is 18.2 Å². The molecule has 1 atom stereocenters. The molecule has 4 N–H and O–H groups in total. The summed E-state index contributed by atoms with van der Waals surface area (Å²) in [4.78, 5) is 4.01. The molecule has 0 spiro atoms. The van der Waals surface area contributed by atoms with Crippen molar-refractivity contribution in [3.05, 3.63) is 54.4 Å². The van der Waals surface area contributed by atoms with E-state index in [1.165, 1.54) is 0 Å². The van der Waals surface area contributed by atoms with Crippen molar-refractivity contribution in [2.24, 2.45) is 5.73 Å². The third-order valence-electron chi connectivity index (χ3n) is 2.46. The molecule has 88 valence electrons. The van der Waals surface area contributed by atoms with Crippen molar-refractivity contribution in [2.75, 3.05) is 12.3 Å². The molecular weight excluding hydrogens is 214 g/mol. The molecule has 0 aliphatic heterocycles. The van der Waals surface area contributed by atoms with E-state index in [2.05, 4.69) is 4.98 Å². The number of nitrogens with zero attached hydrogens (tertiary/aromatic N) is 1. The maximum atomic E-state index is 6.00. The van der Waals surface area contributed by atoms with Crippen molar-refractivity contribution in [3.8, 4) is 5.75 Å². The van der Waals surface area contributed by atoms with Crippen LogP contribution in [0.25, 0.3) is 0 Å². The van der Waals surface area contributed by atoms with Crippen LogP contribution in [0.1, 0.15) is 11.6 Å². The van der Waals surface area contributed by atoms with Crippen molar-refractivity contribution in [1.82, 2.24) is 4.98 Å². The van der Waals surface area contributed by atoms with E-state index >= 15 is 0 Å². The molecule has 0 amide bonds. The Morgan fingerprint density at radius 3 is 2.65 bits per heavy atom. The zero-order valence-corrected chi connectivity index (χ0v) is 9.41. The van der Waals surface area contributed by atoms with Crippen molar-refractivity contribution in [3.63, 3.8) is 0 Å². The lowest BCUT2D eigenvalue weighted by molar-refractivity contribution is 0.291. The van der Waals surface area contributed by atoms with E-state index in [0.717, 1.165) is 11.3 Å². The number of para-hydroxylation sites is 1. The molecule has 0 radical (unpaired) electrons. The quantitative estimate of drug-likeness (QED) is 0.837. The van der Waals surface area contributed by atoms with Crippen LogP contribution in [0.4, 0.5) is 5.69 Å². The molecule has 4 heteroatoms. The number of pyridine rings is 1. The van der Waals surface area contributed by atoms with E-state index < -0.39 is 0 Å². The maximum Gasteiger partial charge on any atom is 0.119 e. The van der Waals surface area contributed by atoms with E-state index in [1.807, 2.05) is 30.3 Å². The maximum absolute atomic E-state index is 6.00. The Kier molecular flexibility index (Phi) is 3.57. The first kappa shape index (κ1) is 11.4. The van der Waals surface area contributed by atoms with Gasteiger partial charge in [0.15, 0.2) is 0 Å². The topological polar surface area (TPSA) is 74.2 Å². The Labute approximate surface area is 100 Å². The summed E-state index contributed by atoms with van der Waals surface area (Å²) in [5.74, 6) is 0.797. The van der Waals surface area contributed by atoms with Gasteiger partial charge in [0.05, 0.1) is 6.04 Å². The summed E-state index contributed by atoms with van der Waals surface area (Å²) in [6.07, 6.45) is 3.32. The molecule has 2 aromatic rings. The molecule has 0 aliphatic rings. The largest absolute Gasteiger partial charge is 0.492 e. The fourth-order valence-electron chi connectivity index (χ4n) is 1.52. The molecule has 4 nitrogen and oxygen atoms in total. The highest BCUT2D eigenvalue weighted by molar-refractivity contribution is 5.46. The molecule has 1 unspecified atom stereocenters. The lowest BCUT2D eigenvalue weighted by atomic mass is 10.1. The lowest BCUT2D eigenvalue weighted by Crippen LogP contribution is -2.20. The van der Waals surface area contributed by atoms with E-state index in [9.17, 15) is 0 Å². The minimum absolute atomic E-state index is 0.274. The number of nitrogens with two attached hydrogens (primary N) is 2. The highest BCUT2D eigenvalue weighted by Crippen LogP contribution is 2.18. The molecule has 0 bridgehead atoms. The van der Waals surface area contributed by atoms with Crippen molar-refractivity contribution < 1.29 is 4.74 Å². The zero-order valence-electron chi connectivity index (χ0n) is 9.41. The molecule has 0 fully saturated rings. The fourth-order valence-corrected chi connectivity index (χ4v) is 1.52. The first-order valence-corrected chi connectivity index (χ1v) is 5.40. The average Bonchev–Trinajstić information content (AvgIpc) is 2.38. The first-order chi connectivity index (χ1) is 8.27. The van der Waals surface area contributed by atoms with Crippen LogP contribution in [-0.2, 0) is 0 Å².